The first kappa shape index (κ1) is 16.6. The third-order valence-corrected chi connectivity index (χ3v) is 5.89. The molecule has 4 rings (SSSR count). The number of nitrogens with zero attached hydrogens (tertiary/aromatic N) is 5. The summed E-state index contributed by atoms with van der Waals surface area (Å²) in [6.45, 7) is 5.93. The number of amides is 1. The Hall–Kier alpha value is -1.85. The van der Waals surface area contributed by atoms with Crippen molar-refractivity contribution < 1.29 is 4.79 Å². The molecule has 3 aliphatic heterocycles. The van der Waals surface area contributed by atoms with E-state index in [1.165, 1.54) is 32.1 Å². The Morgan fingerprint density at radius 1 is 0.800 bits per heavy atom. The Morgan fingerprint density at radius 3 is 2.04 bits per heavy atom. The van der Waals surface area contributed by atoms with Crippen molar-refractivity contribution in [1.29, 1.82) is 0 Å². The Bertz CT molecular complexity index is 570. The van der Waals surface area contributed by atoms with Crippen molar-refractivity contribution in [3.63, 3.8) is 0 Å². The number of likely N-dealkylation sites (tertiary alicyclic amines) is 1. The zero-order valence-electron chi connectivity index (χ0n) is 15.1. The summed E-state index contributed by atoms with van der Waals surface area (Å²) in [6, 6.07) is 0. The van der Waals surface area contributed by atoms with Crippen LogP contribution in [0.1, 0.15) is 44.9 Å². The standard InChI is InChI=1S/C19H29N5O/c25-18(23-8-2-1-3-9-23)16-6-12-22(13-7-16)17-14-20-19(21-15-17)24-10-4-5-11-24/h14-16H,1-13H2. The van der Waals surface area contributed by atoms with E-state index in [0.29, 0.717) is 5.91 Å². The van der Waals surface area contributed by atoms with E-state index in [1.807, 2.05) is 12.4 Å². The molecule has 1 aromatic rings. The Morgan fingerprint density at radius 2 is 1.40 bits per heavy atom. The largest absolute Gasteiger partial charge is 0.369 e. The third kappa shape index (κ3) is 3.72. The molecule has 0 radical (unpaired) electrons. The molecule has 136 valence electrons. The van der Waals surface area contributed by atoms with Crippen molar-refractivity contribution in [2.24, 2.45) is 5.92 Å². The van der Waals surface area contributed by atoms with Gasteiger partial charge in [0.2, 0.25) is 11.9 Å². The van der Waals surface area contributed by atoms with E-state index in [9.17, 15) is 4.79 Å². The fraction of sp³-hybridized carbons (Fsp3) is 0.737. The predicted octanol–water partition coefficient (Wildman–Crippen LogP) is 2.31. The van der Waals surface area contributed by atoms with Crippen LogP contribution in [-0.4, -0.2) is 60.0 Å². The summed E-state index contributed by atoms with van der Waals surface area (Å²) in [5.74, 6) is 1.45. The molecule has 0 atom stereocenters. The summed E-state index contributed by atoms with van der Waals surface area (Å²) < 4.78 is 0. The molecule has 0 spiro atoms. The van der Waals surface area contributed by atoms with Crippen LogP contribution in [0.15, 0.2) is 12.4 Å². The molecule has 6 heteroatoms. The molecule has 0 saturated carbocycles. The lowest BCUT2D eigenvalue weighted by Crippen LogP contribution is -2.44. The summed E-state index contributed by atoms with van der Waals surface area (Å²) in [5, 5.41) is 0. The maximum atomic E-state index is 12.7. The van der Waals surface area contributed by atoms with E-state index in [2.05, 4.69) is 24.7 Å². The molecule has 0 aromatic carbocycles. The second kappa shape index (κ2) is 7.58. The summed E-state index contributed by atoms with van der Waals surface area (Å²) in [5.41, 5.74) is 1.09. The minimum atomic E-state index is 0.208. The van der Waals surface area contributed by atoms with Gasteiger partial charge in [0.1, 0.15) is 0 Å². The SMILES string of the molecule is O=C(C1CCN(c2cnc(N3CCCC3)nc2)CC1)N1CCCCC1. The Labute approximate surface area is 150 Å². The van der Waals surface area contributed by atoms with Gasteiger partial charge in [-0.25, -0.2) is 9.97 Å². The van der Waals surface area contributed by atoms with Gasteiger partial charge in [-0.3, -0.25) is 4.79 Å². The molecule has 3 fully saturated rings. The first-order chi connectivity index (χ1) is 12.3. The van der Waals surface area contributed by atoms with Crippen LogP contribution in [0.25, 0.3) is 0 Å². The van der Waals surface area contributed by atoms with Gasteiger partial charge in [0, 0.05) is 45.2 Å². The average Bonchev–Trinajstić information content (AvgIpc) is 3.23. The molecule has 25 heavy (non-hydrogen) atoms. The molecule has 3 aliphatic rings. The smallest absolute Gasteiger partial charge is 0.225 e. The van der Waals surface area contributed by atoms with Gasteiger partial charge in [-0.2, -0.15) is 0 Å². The highest BCUT2D eigenvalue weighted by molar-refractivity contribution is 5.79. The predicted molar refractivity (Wildman–Crippen MR) is 98.8 cm³/mol. The highest BCUT2D eigenvalue weighted by Gasteiger charge is 2.29. The minimum absolute atomic E-state index is 0.208. The van der Waals surface area contributed by atoms with Crippen LogP contribution in [0, 0.1) is 5.92 Å². The third-order valence-electron chi connectivity index (χ3n) is 5.89. The summed E-state index contributed by atoms with van der Waals surface area (Å²) in [7, 11) is 0. The first-order valence-corrected chi connectivity index (χ1v) is 9.92. The van der Waals surface area contributed by atoms with Crippen molar-refractivity contribution in [2.75, 3.05) is 49.1 Å². The van der Waals surface area contributed by atoms with Crippen LogP contribution in [0.4, 0.5) is 11.6 Å². The Kier molecular flexibility index (Phi) is 5.04. The number of rotatable bonds is 3. The fourth-order valence-electron chi connectivity index (χ4n) is 4.32. The second-order valence-electron chi connectivity index (χ2n) is 7.58. The molecule has 0 bridgehead atoms. The maximum Gasteiger partial charge on any atom is 0.225 e. The normalized spacial score (nSPS) is 22.5. The number of piperidine rings is 2. The summed E-state index contributed by atoms with van der Waals surface area (Å²) >= 11 is 0. The fourth-order valence-corrected chi connectivity index (χ4v) is 4.32. The highest BCUT2D eigenvalue weighted by atomic mass is 16.2. The van der Waals surface area contributed by atoms with Crippen molar-refractivity contribution in [3.05, 3.63) is 12.4 Å². The quantitative estimate of drug-likeness (QED) is 0.843. The molecule has 0 N–H and O–H groups in total. The first-order valence-electron chi connectivity index (χ1n) is 9.92. The zero-order valence-corrected chi connectivity index (χ0v) is 15.1. The number of carbonyl (C=O) groups excluding carboxylic acids is 1. The monoisotopic (exact) mass is 343 g/mol. The van der Waals surface area contributed by atoms with Crippen molar-refractivity contribution in [1.82, 2.24) is 14.9 Å². The number of aromatic nitrogens is 2. The lowest BCUT2D eigenvalue weighted by molar-refractivity contribution is -0.137. The van der Waals surface area contributed by atoms with Gasteiger partial charge in [-0.1, -0.05) is 0 Å². The van der Waals surface area contributed by atoms with Gasteiger partial charge >= 0.3 is 0 Å². The maximum absolute atomic E-state index is 12.7. The van der Waals surface area contributed by atoms with Crippen LogP contribution < -0.4 is 9.80 Å². The number of hydrogen-bond acceptors (Lipinski definition) is 5. The highest BCUT2D eigenvalue weighted by Crippen LogP contribution is 2.26. The van der Waals surface area contributed by atoms with Crippen molar-refractivity contribution in [3.8, 4) is 0 Å². The van der Waals surface area contributed by atoms with Gasteiger partial charge in [-0.15, -0.1) is 0 Å². The summed E-state index contributed by atoms with van der Waals surface area (Å²) in [6.07, 6.45) is 11.9. The van der Waals surface area contributed by atoms with Crippen LogP contribution in [0.2, 0.25) is 0 Å². The van der Waals surface area contributed by atoms with Crippen molar-refractivity contribution >= 4 is 17.5 Å². The number of anilines is 2. The van der Waals surface area contributed by atoms with Crippen LogP contribution in [0.5, 0.6) is 0 Å². The van der Waals surface area contributed by atoms with Crippen LogP contribution in [0.3, 0.4) is 0 Å². The van der Waals surface area contributed by atoms with Gasteiger partial charge in [0.15, 0.2) is 0 Å². The topological polar surface area (TPSA) is 52.6 Å². The van der Waals surface area contributed by atoms with E-state index in [1.54, 1.807) is 0 Å². The van der Waals surface area contributed by atoms with Crippen molar-refractivity contribution in [2.45, 2.75) is 44.9 Å². The number of carbonyl (C=O) groups is 1. The van der Waals surface area contributed by atoms with Crippen LogP contribution in [-0.2, 0) is 4.79 Å². The van der Waals surface area contributed by atoms with E-state index in [-0.39, 0.29) is 5.92 Å². The van der Waals surface area contributed by atoms with E-state index in [0.717, 1.165) is 63.7 Å². The number of hydrogen-bond donors (Lipinski definition) is 0. The molecule has 6 nitrogen and oxygen atoms in total. The average molecular weight is 343 g/mol. The second-order valence-corrected chi connectivity index (χ2v) is 7.58. The molecule has 3 saturated heterocycles. The minimum Gasteiger partial charge on any atom is -0.369 e. The Balaban J connectivity index is 1.31. The lowest BCUT2D eigenvalue weighted by atomic mass is 9.94. The van der Waals surface area contributed by atoms with E-state index >= 15 is 0 Å². The zero-order chi connectivity index (χ0) is 17.1. The van der Waals surface area contributed by atoms with E-state index < -0.39 is 0 Å². The molecular weight excluding hydrogens is 314 g/mol. The molecule has 4 heterocycles. The molecule has 0 aliphatic carbocycles. The molecule has 1 amide bonds. The van der Waals surface area contributed by atoms with E-state index in [4.69, 9.17) is 0 Å². The summed E-state index contributed by atoms with van der Waals surface area (Å²) in [4.78, 5) is 28.5. The van der Waals surface area contributed by atoms with Crippen LogP contribution >= 0.6 is 0 Å². The van der Waals surface area contributed by atoms with Gasteiger partial charge in [0.05, 0.1) is 18.1 Å². The van der Waals surface area contributed by atoms with Gasteiger partial charge < -0.3 is 14.7 Å². The lowest BCUT2D eigenvalue weighted by Gasteiger charge is -2.36. The molecule has 0 unspecified atom stereocenters. The van der Waals surface area contributed by atoms with Gasteiger partial charge in [0.25, 0.3) is 0 Å². The molecule has 1 aromatic heterocycles. The molecular formula is C19H29N5O. The van der Waals surface area contributed by atoms with Gasteiger partial charge in [-0.05, 0) is 44.9 Å².